The molecular weight excluding hydrogens is 305 g/mol. The molecule has 2 N–H and O–H groups in total. The lowest BCUT2D eigenvalue weighted by Crippen LogP contribution is -2.38. The van der Waals surface area contributed by atoms with Crippen molar-refractivity contribution >= 4 is 51.6 Å². The highest BCUT2D eigenvalue weighted by atomic mass is 35.5. The van der Waals surface area contributed by atoms with Crippen molar-refractivity contribution in [2.24, 2.45) is 14.6 Å². The van der Waals surface area contributed by atoms with Gasteiger partial charge < -0.3 is 10.4 Å². The lowest BCUT2D eigenvalue weighted by atomic mass is 9.92. The molecule has 1 aliphatic heterocycles. The van der Waals surface area contributed by atoms with Gasteiger partial charge in [0.2, 0.25) is 0 Å². The average molecular weight is 320 g/mol. The Labute approximate surface area is 126 Å². The Balaban J connectivity index is 2.28. The van der Waals surface area contributed by atoms with Crippen LogP contribution in [0.15, 0.2) is 14.8 Å². The summed E-state index contributed by atoms with van der Waals surface area (Å²) in [5.74, 6) is 0.120. The number of fused-ring (bicyclic) bond motifs is 1. The van der Waals surface area contributed by atoms with Crippen molar-refractivity contribution < 1.29 is 5.11 Å². The summed E-state index contributed by atoms with van der Waals surface area (Å²) in [7, 11) is 0. The van der Waals surface area contributed by atoms with Gasteiger partial charge in [-0.1, -0.05) is 37.0 Å². The van der Waals surface area contributed by atoms with Crippen molar-refractivity contribution in [1.29, 1.82) is 0 Å². The van der Waals surface area contributed by atoms with E-state index in [1.807, 2.05) is 13.8 Å². The number of nitrogens with zero attached hydrogens (tertiary/aromatic N) is 2. The molecule has 1 heterocycles. The van der Waals surface area contributed by atoms with Crippen LogP contribution in [-0.2, 0) is 11.4 Å². The van der Waals surface area contributed by atoms with Crippen LogP contribution in [0.1, 0.15) is 20.8 Å². The maximum absolute atomic E-state index is 10.3. The van der Waals surface area contributed by atoms with E-state index in [1.54, 1.807) is 13.0 Å². The number of benzene rings is 1. The number of halogens is 2. The Bertz CT molecular complexity index is 581. The standard InChI is InChI=1S/C12H15Cl2N3OS/c1-6(2)12(3,18)5-15-9-7(13)4-8(14)10-11(9)17-19-16-10/h4,6,15,18H,5H2,1-3H3. The summed E-state index contributed by atoms with van der Waals surface area (Å²) >= 11 is 13.3. The normalized spacial score (nSPS) is 16.2. The molecule has 19 heavy (non-hydrogen) atoms. The van der Waals surface area contributed by atoms with E-state index >= 15 is 0 Å². The number of anilines is 1. The van der Waals surface area contributed by atoms with Crippen LogP contribution in [0, 0.1) is 5.92 Å². The SMILES string of the molecule is CC(C)C(C)(O)CNc1c(Cl)cc(Cl)c2c1N=S=N2. The van der Waals surface area contributed by atoms with Gasteiger partial charge in [-0.3, -0.25) is 0 Å². The van der Waals surface area contributed by atoms with Gasteiger partial charge in [-0.15, -0.1) is 0 Å². The van der Waals surface area contributed by atoms with E-state index in [0.29, 0.717) is 33.7 Å². The molecule has 0 aliphatic carbocycles. The smallest absolute Gasteiger partial charge is 0.130 e. The summed E-state index contributed by atoms with van der Waals surface area (Å²) in [6, 6.07) is 1.64. The molecule has 1 aromatic rings. The molecule has 1 unspecified atom stereocenters. The van der Waals surface area contributed by atoms with Crippen LogP contribution in [0.3, 0.4) is 0 Å². The van der Waals surface area contributed by atoms with E-state index in [9.17, 15) is 5.11 Å². The van der Waals surface area contributed by atoms with Gasteiger partial charge in [-0.2, -0.15) is 8.73 Å². The van der Waals surface area contributed by atoms with Crippen molar-refractivity contribution in [2.45, 2.75) is 26.4 Å². The van der Waals surface area contributed by atoms with Crippen LogP contribution >= 0.6 is 23.2 Å². The van der Waals surface area contributed by atoms with Crippen molar-refractivity contribution in [3.63, 3.8) is 0 Å². The molecule has 0 fully saturated rings. The number of hydrogen-bond donors (Lipinski definition) is 2. The lowest BCUT2D eigenvalue weighted by Gasteiger charge is -2.28. The molecule has 0 saturated carbocycles. The first kappa shape index (κ1) is 14.8. The van der Waals surface area contributed by atoms with Crippen molar-refractivity contribution in [3.05, 3.63) is 16.1 Å². The minimum atomic E-state index is -0.835. The summed E-state index contributed by atoms with van der Waals surface area (Å²) in [4.78, 5) is 0. The number of aliphatic hydroxyl groups is 1. The van der Waals surface area contributed by atoms with Crippen molar-refractivity contribution in [3.8, 4) is 0 Å². The largest absolute Gasteiger partial charge is 0.388 e. The molecule has 4 nitrogen and oxygen atoms in total. The Morgan fingerprint density at radius 3 is 2.58 bits per heavy atom. The second kappa shape index (κ2) is 5.40. The highest BCUT2D eigenvalue weighted by molar-refractivity contribution is 7.58. The second-order valence-corrected chi connectivity index (χ2v) is 6.38. The molecule has 0 bridgehead atoms. The summed E-state index contributed by atoms with van der Waals surface area (Å²) in [5, 5.41) is 14.4. The predicted octanol–water partition coefficient (Wildman–Crippen LogP) is 4.54. The van der Waals surface area contributed by atoms with E-state index in [4.69, 9.17) is 23.2 Å². The molecule has 0 amide bonds. The minimum absolute atomic E-state index is 0.120. The summed E-state index contributed by atoms with van der Waals surface area (Å²) in [6.45, 7) is 6.08. The number of hydrogen-bond acceptors (Lipinski definition) is 4. The number of nitrogens with one attached hydrogen (secondary N) is 1. The zero-order valence-corrected chi connectivity index (χ0v) is 13.2. The van der Waals surface area contributed by atoms with Crippen LogP contribution in [0.4, 0.5) is 17.1 Å². The molecule has 1 atom stereocenters. The maximum atomic E-state index is 10.3. The van der Waals surface area contributed by atoms with Gasteiger partial charge >= 0.3 is 0 Å². The second-order valence-electron chi connectivity index (χ2n) is 5.04. The molecule has 1 aliphatic rings. The predicted molar refractivity (Wildman–Crippen MR) is 82.0 cm³/mol. The van der Waals surface area contributed by atoms with Crippen LogP contribution in [-0.4, -0.2) is 17.3 Å². The molecule has 0 radical (unpaired) electrons. The van der Waals surface area contributed by atoms with Gasteiger partial charge in [0.25, 0.3) is 0 Å². The van der Waals surface area contributed by atoms with E-state index in [2.05, 4.69) is 14.0 Å². The van der Waals surface area contributed by atoms with Crippen molar-refractivity contribution in [2.75, 3.05) is 11.9 Å². The fraction of sp³-hybridized carbons (Fsp3) is 0.500. The van der Waals surface area contributed by atoms with Crippen molar-refractivity contribution in [1.82, 2.24) is 0 Å². The first-order valence-corrected chi connectivity index (χ1v) is 7.38. The fourth-order valence-corrected chi connectivity index (χ4v) is 2.69. The lowest BCUT2D eigenvalue weighted by molar-refractivity contribution is 0.0266. The van der Waals surface area contributed by atoms with E-state index in [1.165, 1.54) is 0 Å². The highest BCUT2D eigenvalue weighted by Gasteiger charge is 2.26. The minimum Gasteiger partial charge on any atom is -0.388 e. The van der Waals surface area contributed by atoms with Gasteiger partial charge in [0, 0.05) is 6.54 Å². The Kier molecular flexibility index (Phi) is 4.20. The van der Waals surface area contributed by atoms with Crippen LogP contribution in [0.2, 0.25) is 10.0 Å². The summed E-state index contributed by atoms with van der Waals surface area (Å²) < 4.78 is 8.34. The number of rotatable bonds is 4. The molecule has 7 heteroatoms. The van der Waals surface area contributed by atoms with Crippen LogP contribution in [0.25, 0.3) is 0 Å². The molecule has 104 valence electrons. The third kappa shape index (κ3) is 2.94. The molecule has 0 saturated heterocycles. The zero-order chi connectivity index (χ0) is 14.2. The average Bonchev–Trinajstić information content (AvgIpc) is 2.77. The third-order valence-electron chi connectivity index (χ3n) is 3.31. The van der Waals surface area contributed by atoms with E-state index < -0.39 is 5.60 Å². The topological polar surface area (TPSA) is 57.0 Å². The Morgan fingerprint density at radius 2 is 1.95 bits per heavy atom. The Hall–Kier alpha value is -0.620. The molecular formula is C12H15Cl2N3OS. The monoisotopic (exact) mass is 319 g/mol. The summed E-state index contributed by atoms with van der Waals surface area (Å²) in [5.41, 5.74) is 1.10. The van der Waals surface area contributed by atoms with E-state index in [-0.39, 0.29) is 5.92 Å². The molecule has 0 aromatic heterocycles. The molecule has 2 rings (SSSR count). The van der Waals surface area contributed by atoms with Gasteiger partial charge in [-0.05, 0) is 18.9 Å². The fourth-order valence-electron chi connectivity index (χ4n) is 1.51. The van der Waals surface area contributed by atoms with Gasteiger partial charge in [0.15, 0.2) is 0 Å². The summed E-state index contributed by atoms with van der Waals surface area (Å²) in [6.07, 6.45) is 0. The first-order valence-electron chi connectivity index (χ1n) is 5.89. The first-order chi connectivity index (χ1) is 8.83. The van der Waals surface area contributed by atoms with Crippen LogP contribution in [0.5, 0.6) is 0 Å². The molecule has 1 aromatic carbocycles. The zero-order valence-electron chi connectivity index (χ0n) is 10.9. The van der Waals surface area contributed by atoms with E-state index in [0.717, 1.165) is 11.4 Å². The van der Waals surface area contributed by atoms with Gasteiger partial charge in [-0.25, -0.2) is 0 Å². The van der Waals surface area contributed by atoms with Crippen LogP contribution < -0.4 is 5.32 Å². The maximum Gasteiger partial charge on any atom is 0.130 e. The third-order valence-corrected chi connectivity index (χ3v) is 4.43. The highest BCUT2D eigenvalue weighted by Crippen LogP contribution is 2.47. The molecule has 0 spiro atoms. The van der Waals surface area contributed by atoms with Gasteiger partial charge in [0.05, 0.1) is 32.7 Å². The Morgan fingerprint density at radius 1 is 1.32 bits per heavy atom. The van der Waals surface area contributed by atoms with Gasteiger partial charge in [0.1, 0.15) is 11.4 Å². The quantitative estimate of drug-likeness (QED) is 0.869.